The van der Waals surface area contributed by atoms with Crippen molar-refractivity contribution in [2.24, 2.45) is 5.41 Å². The molecule has 98 valence electrons. The van der Waals surface area contributed by atoms with E-state index in [-0.39, 0.29) is 17.7 Å². The van der Waals surface area contributed by atoms with Crippen LogP contribution < -0.4 is 4.74 Å². The topological polar surface area (TPSA) is 81.8 Å². The van der Waals surface area contributed by atoms with Crippen molar-refractivity contribution in [2.75, 3.05) is 26.4 Å². The molecule has 1 aromatic rings. The van der Waals surface area contributed by atoms with Gasteiger partial charge >= 0.3 is 0 Å². The van der Waals surface area contributed by atoms with Crippen molar-refractivity contribution in [3.05, 3.63) is 33.9 Å². The third-order valence-corrected chi connectivity index (χ3v) is 3.07. The Morgan fingerprint density at radius 2 is 2.28 bits per heavy atom. The lowest BCUT2D eigenvalue weighted by Gasteiger charge is -2.39. The molecule has 0 atom stereocenters. The lowest BCUT2D eigenvalue weighted by Crippen LogP contribution is -2.49. The highest BCUT2D eigenvalue weighted by atomic mass is 16.6. The molecule has 1 aliphatic heterocycles. The fourth-order valence-corrected chi connectivity index (χ4v) is 1.72. The van der Waals surface area contributed by atoms with Gasteiger partial charge in [-0.15, -0.1) is 0 Å². The van der Waals surface area contributed by atoms with E-state index in [9.17, 15) is 15.2 Å². The third kappa shape index (κ3) is 2.44. The predicted octanol–water partition coefficient (Wildman–Crippen LogP) is 1.29. The van der Waals surface area contributed by atoms with E-state index in [2.05, 4.69) is 0 Å². The number of ether oxygens (including phenoxy) is 2. The van der Waals surface area contributed by atoms with Gasteiger partial charge in [0, 0.05) is 5.56 Å². The number of nitrogens with zero attached hydrogens (tertiary/aromatic N) is 1. The number of hydrogen-bond donors (Lipinski definition) is 1. The van der Waals surface area contributed by atoms with Crippen molar-refractivity contribution in [1.82, 2.24) is 0 Å². The Kier molecular flexibility index (Phi) is 3.49. The van der Waals surface area contributed by atoms with Crippen molar-refractivity contribution in [1.29, 1.82) is 0 Å². The first-order valence-corrected chi connectivity index (χ1v) is 5.63. The predicted molar refractivity (Wildman–Crippen MR) is 63.7 cm³/mol. The molecule has 1 fully saturated rings. The molecule has 1 N–H and O–H groups in total. The van der Waals surface area contributed by atoms with Crippen molar-refractivity contribution in [3.63, 3.8) is 0 Å². The van der Waals surface area contributed by atoms with Gasteiger partial charge in [-0.25, -0.2) is 0 Å². The van der Waals surface area contributed by atoms with E-state index < -0.39 is 4.92 Å². The van der Waals surface area contributed by atoms with E-state index in [0.717, 1.165) is 0 Å². The minimum Gasteiger partial charge on any atom is -0.492 e. The molecular weight excluding hydrogens is 238 g/mol. The van der Waals surface area contributed by atoms with Crippen LogP contribution in [0, 0.1) is 22.5 Å². The van der Waals surface area contributed by atoms with Crippen LogP contribution in [0.15, 0.2) is 18.2 Å². The number of aliphatic hydroxyl groups is 1. The Bertz CT molecular complexity index is 450. The van der Waals surface area contributed by atoms with Gasteiger partial charge in [-0.1, -0.05) is 0 Å². The Balaban J connectivity index is 2.06. The lowest BCUT2D eigenvalue weighted by molar-refractivity contribution is -0.385. The molecule has 1 aliphatic rings. The Hall–Kier alpha value is -1.66. The zero-order chi connectivity index (χ0) is 13.2. The minimum atomic E-state index is -0.434. The molecule has 0 amide bonds. The van der Waals surface area contributed by atoms with Crippen LogP contribution in [0.5, 0.6) is 5.75 Å². The first kappa shape index (κ1) is 12.8. The number of benzene rings is 1. The first-order chi connectivity index (χ1) is 8.56. The summed E-state index contributed by atoms with van der Waals surface area (Å²) in [4.78, 5) is 10.4. The molecule has 0 spiro atoms. The summed E-state index contributed by atoms with van der Waals surface area (Å²) in [5, 5.41) is 20.0. The highest BCUT2D eigenvalue weighted by molar-refractivity contribution is 5.45. The van der Waals surface area contributed by atoms with Gasteiger partial charge in [-0.05, 0) is 19.1 Å². The summed E-state index contributed by atoms with van der Waals surface area (Å²) in [5.41, 5.74) is 0.270. The molecule has 2 rings (SSSR count). The molecule has 0 saturated carbocycles. The minimum absolute atomic E-state index is 0.0129. The number of nitro benzene ring substituents is 1. The number of aryl methyl sites for hydroxylation is 1. The second-order valence-electron chi connectivity index (χ2n) is 4.64. The van der Waals surface area contributed by atoms with E-state index in [4.69, 9.17) is 9.47 Å². The van der Waals surface area contributed by atoms with Gasteiger partial charge in [0.15, 0.2) is 0 Å². The molecule has 0 aromatic heterocycles. The quantitative estimate of drug-likeness (QED) is 0.631. The fourth-order valence-electron chi connectivity index (χ4n) is 1.72. The summed E-state index contributed by atoms with van der Waals surface area (Å²) in [7, 11) is 0. The van der Waals surface area contributed by atoms with E-state index in [1.165, 1.54) is 6.07 Å². The van der Waals surface area contributed by atoms with Crippen molar-refractivity contribution in [2.45, 2.75) is 6.92 Å². The molecule has 6 nitrogen and oxygen atoms in total. The van der Waals surface area contributed by atoms with Gasteiger partial charge < -0.3 is 14.6 Å². The number of aliphatic hydroxyl groups excluding tert-OH is 1. The molecule has 1 saturated heterocycles. The Labute approximate surface area is 104 Å². The maximum atomic E-state index is 10.8. The summed E-state index contributed by atoms with van der Waals surface area (Å²) in [5.74, 6) is 0.437. The average Bonchev–Trinajstić information content (AvgIpc) is 2.30. The Morgan fingerprint density at radius 1 is 1.56 bits per heavy atom. The van der Waals surface area contributed by atoms with Crippen LogP contribution in [0.1, 0.15) is 5.56 Å². The summed E-state index contributed by atoms with van der Waals surface area (Å²) < 4.78 is 10.6. The van der Waals surface area contributed by atoms with Gasteiger partial charge in [0.2, 0.25) is 0 Å². The largest absolute Gasteiger partial charge is 0.492 e. The maximum Gasteiger partial charge on any atom is 0.275 e. The van der Waals surface area contributed by atoms with Crippen LogP contribution in [0.3, 0.4) is 0 Å². The Morgan fingerprint density at radius 3 is 2.78 bits per heavy atom. The molecule has 18 heavy (non-hydrogen) atoms. The summed E-state index contributed by atoms with van der Waals surface area (Å²) in [6.07, 6.45) is 0. The van der Waals surface area contributed by atoms with Crippen LogP contribution in [-0.4, -0.2) is 36.5 Å². The van der Waals surface area contributed by atoms with Gasteiger partial charge in [-0.3, -0.25) is 10.1 Å². The van der Waals surface area contributed by atoms with Gasteiger partial charge in [0.25, 0.3) is 5.69 Å². The number of hydrogen-bond acceptors (Lipinski definition) is 5. The first-order valence-electron chi connectivity index (χ1n) is 5.63. The average molecular weight is 253 g/mol. The normalized spacial score (nSPS) is 17.0. The van der Waals surface area contributed by atoms with E-state index in [1.54, 1.807) is 19.1 Å². The van der Waals surface area contributed by atoms with Crippen molar-refractivity contribution >= 4 is 5.69 Å². The molecule has 0 radical (unpaired) electrons. The van der Waals surface area contributed by atoms with Crippen LogP contribution in [0.2, 0.25) is 0 Å². The molecule has 0 bridgehead atoms. The standard InChI is InChI=1S/C12H15NO5/c1-9-2-3-10(4-11(9)13(15)16)18-8-12(5-14)6-17-7-12/h2-4,14H,5-8H2,1H3. The monoisotopic (exact) mass is 253 g/mol. The fraction of sp³-hybridized carbons (Fsp3) is 0.500. The SMILES string of the molecule is Cc1ccc(OCC2(CO)COC2)cc1[N+](=O)[O-]. The van der Waals surface area contributed by atoms with E-state index in [1.807, 2.05) is 0 Å². The molecule has 1 aromatic carbocycles. The second kappa shape index (κ2) is 4.91. The smallest absolute Gasteiger partial charge is 0.275 e. The molecule has 0 unspecified atom stereocenters. The molecule has 6 heteroatoms. The maximum absolute atomic E-state index is 10.8. The highest BCUT2D eigenvalue weighted by Gasteiger charge is 2.39. The van der Waals surface area contributed by atoms with Crippen LogP contribution in [-0.2, 0) is 4.74 Å². The zero-order valence-electron chi connectivity index (χ0n) is 10.1. The van der Waals surface area contributed by atoms with E-state index >= 15 is 0 Å². The summed E-state index contributed by atoms with van der Waals surface area (Å²) in [6.45, 7) is 2.87. The number of rotatable bonds is 5. The second-order valence-corrected chi connectivity index (χ2v) is 4.64. The number of nitro groups is 1. The summed E-state index contributed by atoms with van der Waals surface area (Å²) >= 11 is 0. The molecular formula is C12H15NO5. The van der Waals surface area contributed by atoms with Gasteiger partial charge in [0.05, 0.1) is 36.2 Å². The van der Waals surface area contributed by atoms with E-state index in [0.29, 0.717) is 31.1 Å². The van der Waals surface area contributed by atoms with Gasteiger partial charge in [0.1, 0.15) is 12.4 Å². The molecule has 0 aliphatic carbocycles. The summed E-state index contributed by atoms with van der Waals surface area (Å²) in [6, 6.07) is 4.74. The van der Waals surface area contributed by atoms with Crippen LogP contribution >= 0.6 is 0 Å². The van der Waals surface area contributed by atoms with Gasteiger partial charge in [-0.2, -0.15) is 0 Å². The zero-order valence-corrected chi connectivity index (χ0v) is 10.1. The van der Waals surface area contributed by atoms with Crippen molar-refractivity contribution in [3.8, 4) is 5.75 Å². The van der Waals surface area contributed by atoms with Crippen LogP contribution in [0.25, 0.3) is 0 Å². The third-order valence-electron chi connectivity index (χ3n) is 3.07. The molecule has 1 heterocycles. The van der Waals surface area contributed by atoms with Crippen LogP contribution in [0.4, 0.5) is 5.69 Å². The van der Waals surface area contributed by atoms with Crippen molar-refractivity contribution < 1.29 is 19.5 Å². The highest BCUT2D eigenvalue weighted by Crippen LogP contribution is 2.29. The lowest BCUT2D eigenvalue weighted by atomic mass is 9.88.